The van der Waals surface area contributed by atoms with E-state index in [1.165, 1.54) is 0 Å². The van der Waals surface area contributed by atoms with Crippen LogP contribution in [0, 0.1) is 0 Å². The quantitative estimate of drug-likeness (QED) is 0.585. The van der Waals surface area contributed by atoms with Crippen molar-refractivity contribution in [2.24, 2.45) is 0 Å². The maximum atomic E-state index is 13.3. The van der Waals surface area contributed by atoms with E-state index in [2.05, 4.69) is 0 Å². The van der Waals surface area contributed by atoms with Crippen LogP contribution in [0.15, 0.2) is 78.9 Å². The first-order valence-electron chi connectivity index (χ1n) is 10.5. The number of likely N-dealkylation sites (N-methyl/N-ethyl adjacent to an activating group) is 1. The first-order valence-corrected chi connectivity index (χ1v) is 10.5. The monoisotopic (exact) mass is 428 g/mol. The van der Waals surface area contributed by atoms with Crippen molar-refractivity contribution in [3.8, 4) is 5.75 Å². The minimum atomic E-state index is -0.908. The summed E-state index contributed by atoms with van der Waals surface area (Å²) in [6.45, 7) is 0.279. The van der Waals surface area contributed by atoms with Crippen LogP contribution in [-0.2, 0) is 26.5 Å². The van der Waals surface area contributed by atoms with E-state index >= 15 is 0 Å². The fourth-order valence-electron chi connectivity index (χ4n) is 4.77. The summed E-state index contributed by atoms with van der Waals surface area (Å²) in [5.74, 6) is 0.301. The number of carbonyl (C=O) groups excluding carboxylic acids is 2. The predicted molar refractivity (Wildman–Crippen MR) is 120 cm³/mol. The molecule has 2 aliphatic heterocycles. The van der Waals surface area contributed by atoms with E-state index in [9.17, 15) is 9.59 Å². The van der Waals surface area contributed by atoms with E-state index in [4.69, 9.17) is 9.47 Å². The van der Waals surface area contributed by atoms with Crippen molar-refractivity contribution in [1.82, 2.24) is 4.90 Å². The SMILES string of the molecule is COc1ccc2c(c1)N(C)C(=O)CN1C(=O)[C@@H](OCc3ccccc3)[C@]21c1ccccc1. The van der Waals surface area contributed by atoms with Crippen LogP contribution in [0.1, 0.15) is 16.7 Å². The molecular weight excluding hydrogens is 404 g/mol. The molecule has 6 heteroatoms. The fourth-order valence-corrected chi connectivity index (χ4v) is 4.77. The van der Waals surface area contributed by atoms with Crippen LogP contribution in [0.2, 0.25) is 0 Å². The fraction of sp³-hybridized carbons (Fsp3) is 0.231. The van der Waals surface area contributed by atoms with Crippen LogP contribution in [-0.4, -0.2) is 43.5 Å². The third kappa shape index (κ3) is 2.91. The van der Waals surface area contributed by atoms with Gasteiger partial charge >= 0.3 is 0 Å². The molecule has 0 radical (unpaired) electrons. The summed E-state index contributed by atoms with van der Waals surface area (Å²) in [5.41, 5.74) is 2.54. The van der Waals surface area contributed by atoms with Crippen molar-refractivity contribution in [3.05, 3.63) is 95.6 Å². The van der Waals surface area contributed by atoms with Crippen LogP contribution >= 0.6 is 0 Å². The first kappa shape index (κ1) is 20.3. The van der Waals surface area contributed by atoms with E-state index < -0.39 is 11.6 Å². The number of benzene rings is 3. The van der Waals surface area contributed by atoms with E-state index in [0.29, 0.717) is 18.0 Å². The third-order valence-corrected chi connectivity index (χ3v) is 6.41. The van der Waals surface area contributed by atoms with Crippen LogP contribution in [0.5, 0.6) is 5.75 Å². The highest BCUT2D eigenvalue weighted by Gasteiger charge is 2.65. The Morgan fingerprint density at radius 2 is 1.66 bits per heavy atom. The van der Waals surface area contributed by atoms with Gasteiger partial charge in [0.05, 0.1) is 19.4 Å². The molecule has 0 aromatic heterocycles. The molecule has 0 unspecified atom stereocenters. The van der Waals surface area contributed by atoms with Gasteiger partial charge in [-0.3, -0.25) is 9.59 Å². The number of β-lactam (4-membered cyclic amide) rings is 1. The van der Waals surface area contributed by atoms with Crippen LogP contribution in [0.25, 0.3) is 0 Å². The molecule has 1 saturated heterocycles. The lowest BCUT2D eigenvalue weighted by atomic mass is 9.69. The molecule has 3 aromatic carbocycles. The minimum Gasteiger partial charge on any atom is -0.497 e. The third-order valence-electron chi connectivity index (χ3n) is 6.41. The molecule has 0 aliphatic carbocycles. The Hall–Kier alpha value is -3.64. The molecule has 2 heterocycles. The Morgan fingerprint density at radius 3 is 2.34 bits per heavy atom. The molecule has 32 heavy (non-hydrogen) atoms. The number of rotatable bonds is 5. The smallest absolute Gasteiger partial charge is 0.256 e. The molecule has 162 valence electrons. The van der Waals surface area contributed by atoms with E-state index in [1.807, 2.05) is 78.9 Å². The lowest BCUT2D eigenvalue weighted by Gasteiger charge is -2.56. The summed E-state index contributed by atoms with van der Waals surface area (Å²) in [5, 5.41) is 0. The normalized spacial score (nSPS) is 22.0. The van der Waals surface area contributed by atoms with Gasteiger partial charge in [-0.1, -0.05) is 66.7 Å². The molecule has 2 aliphatic rings. The Kier molecular flexibility index (Phi) is 4.94. The number of methoxy groups -OCH3 is 1. The molecular formula is C26H24N2O4. The van der Waals surface area contributed by atoms with Gasteiger partial charge in [0.1, 0.15) is 17.8 Å². The highest BCUT2D eigenvalue weighted by molar-refractivity contribution is 6.04. The average Bonchev–Trinajstić information content (AvgIpc) is 2.92. The summed E-state index contributed by atoms with van der Waals surface area (Å²) < 4.78 is 11.7. The number of hydrogen-bond donors (Lipinski definition) is 0. The van der Waals surface area contributed by atoms with Crippen molar-refractivity contribution in [1.29, 1.82) is 0 Å². The molecule has 2 amide bonds. The van der Waals surface area contributed by atoms with Crippen LogP contribution in [0.3, 0.4) is 0 Å². The first-order chi connectivity index (χ1) is 15.6. The zero-order chi connectivity index (χ0) is 22.3. The number of hydrogen-bond acceptors (Lipinski definition) is 4. The molecule has 1 fully saturated rings. The highest BCUT2D eigenvalue weighted by Crippen LogP contribution is 2.53. The average molecular weight is 428 g/mol. The van der Waals surface area contributed by atoms with Gasteiger partial charge in [-0.15, -0.1) is 0 Å². The zero-order valence-electron chi connectivity index (χ0n) is 18.0. The number of carbonyl (C=O) groups is 2. The number of amides is 2. The van der Waals surface area contributed by atoms with E-state index in [1.54, 1.807) is 24.0 Å². The van der Waals surface area contributed by atoms with Gasteiger partial charge in [0.25, 0.3) is 5.91 Å². The second kappa shape index (κ2) is 7.80. The van der Waals surface area contributed by atoms with Gasteiger partial charge in [-0.05, 0) is 17.2 Å². The Labute approximate surface area is 187 Å². The molecule has 2 atom stereocenters. The van der Waals surface area contributed by atoms with Crippen LogP contribution < -0.4 is 9.64 Å². The van der Waals surface area contributed by atoms with E-state index in [-0.39, 0.29) is 18.4 Å². The summed E-state index contributed by atoms with van der Waals surface area (Å²) in [6, 6.07) is 25.2. The molecule has 0 bridgehead atoms. The Balaban J connectivity index is 1.68. The summed E-state index contributed by atoms with van der Waals surface area (Å²) in [7, 11) is 3.33. The van der Waals surface area contributed by atoms with Crippen molar-refractivity contribution in [3.63, 3.8) is 0 Å². The highest BCUT2D eigenvalue weighted by atomic mass is 16.5. The maximum Gasteiger partial charge on any atom is 0.256 e. The topological polar surface area (TPSA) is 59.1 Å². The number of nitrogens with zero attached hydrogens (tertiary/aromatic N) is 2. The lowest BCUT2D eigenvalue weighted by molar-refractivity contribution is -0.192. The second-order valence-corrected chi connectivity index (χ2v) is 8.07. The van der Waals surface area contributed by atoms with E-state index in [0.717, 1.165) is 16.7 Å². The standard InChI is InChI=1S/C26H24N2O4/c1-27-22-15-20(31-2)13-14-21(22)26(19-11-7-4-8-12-19)24(25(30)28(26)16-23(27)29)32-17-18-9-5-3-6-10-18/h3-15,24H,16-17H2,1-2H3/t24-,26+/m1/s1. The van der Waals surface area contributed by atoms with Crippen molar-refractivity contribution in [2.45, 2.75) is 18.2 Å². The lowest BCUT2D eigenvalue weighted by Crippen LogP contribution is -2.73. The summed E-state index contributed by atoms with van der Waals surface area (Å²) in [6.07, 6.45) is -0.753. The van der Waals surface area contributed by atoms with Gasteiger partial charge in [0.2, 0.25) is 5.91 Å². The molecule has 6 nitrogen and oxygen atoms in total. The predicted octanol–water partition coefficient (Wildman–Crippen LogP) is 3.34. The van der Waals surface area contributed by atoms with Gasteiger partial charge in [-0.25, -0.2) is 0 Å². The molecule has 0 N–H and O–H groups in total. The largest absolute Gasteiger partial charge is 0.497 e. The number of fused-ring (bicyclic) bond motifs is 3. The van der Waals surface area contributed by atoms with Crippen molar-refractivity contribution < 1.29 is 19.1 Å². The van der Waals surface area contributed by atoms with Crippen molar-refractivity contribution >= 4 is 17.5 Å². The molecule has 0 saturated carbocycles. The minimum absolute atomic E-state index is 0.0214. The Morgan fingerprint density at radius 1 is 0.969 bits per heavy atom. The van der Waals surface area contributed by atoms with Gasteiger partial charge in [0.15, 0.2) is 6.10 Å². The van der Waals surface area contributed by atoms with Gasteiger partial charge in [0, 0.05) is 18.7 Å². The zero-order valence-corrected chi connectivity index (χ0v) is 18.0. The molecule has 5 rings (SSSR count). The van der Waals surface area contributed by atoms with Crippen LogP contribution in [0.4, 0.5) is 5.69 Å². The van der Waals surface area contributed by atoms with Gasteiger partial charge in [-0.2, -0.15) is 0 Å². The van der Waals surface area contributed by atoms with Gasteiger partial charge < -0.3 is 19.3 Å². The second-order valence-electron chi connectivity index (χ2n) is 8.07. The maximum absolute atomic E-state index is 13.3. The number of anilines is 1. The Bertz CT molecular complexity index is 1160. The van der Waals surface area contributed by atoms with Crippen molar-refractivity contribution in [2.75, 3.05) is 25.6 Å². The molecule has 0 spiro atoms. The summed E-state index contributed by atoms with van der Waals surface area (Å²) >= 11 is 0. The number of ether oxygens (including phenoxy) is 2. The summed E-state index contributed by atoms with van der Waals surface area (Å²) in [4.78, 5) is 29.6. The molecule has 3 aromatic rings.